The molecule has 0 heterocycles. The van der Waals surface area contributed by atoms with E-state index < -0.39 is 0 Å². The molecule has 0 aliphatic carbocycles. The van der Waals surface area contributed by atoms with Crippen LogP contribution < -0.4 is 5.19 Å². The van der Waals surface area contributed by atoms with Gasteiger partial charge in [0.2, 0.25) is 0 Å². The summed E-state index contributed by atoms with van der Waals surface area (Å²) in [5.74, 6) is 0. The van der Waals surface area contributed by atoms with Crippen LogP contribution in [-0.2, 0) is 12.8 Å². The monoisotopic (exact) mass is 212 g/mol. The molecule has 2 aromatic rings. The number of aryl methyl sites for hydroxylation is 2. The van der Waals surface area contributed by atoms with Crippen LogP contribution in [0.15, 0.2) is 54.6 Å². The van der Waals surface area contributed by atoms with E-state index in [0.717, 1.165) is 16.7 Å². The molecular weight excluding hydrogens is 196 g/mol. The molecule has 0 atom stereocenters. The minimum atomic E-state index is 1.15. The number of rotatable bonds is 3. The average Bonchev–Trinajstić information content (AvgIpc) is 2.29. The first kappa shape index (κ1) is 10.2. The van der Waals surface area contributed by atoms with Crippen molar-refractivity contribution in [2.45, 2.75) is 12.8 Å². The first-order valence-electron chi connectivity index (χ1n) is 5.45. The highest BCUT2D eigenvalue weighted by Crippen LogP contribution is 2.04. The fourth-order valence-electron chi connectivity index (χ4n) is 1.81. The molecule has 0 aromatic heterocycles. The minimum Gasteiger partial charge on any atom is -0.0676 e. The van der Waals surface area contributed by atoms with Crippen molar-refractivity contribution in [2.75, 3.05) is 0 Å². The zero-order valence-electron chi connectivity index (χ0n) is 9.11. The molecule has 76 valence electrons. The van der Waals surface area contributed by atoms with Gasteiger partial charge in [0.1, 0.15) is 0 Å². The second-order valence-electron chi connectivity index (χ2n) is 3.91. The predicted molar refractivity (Wildman–Crippen MR) is 69.9 cm³/mol. The summed E-state index contributed by atoms with van der Waals surface area (Å²) in [6, 6.07) is 19.5. The van der Waals surface area contributed by atoms with Crippen molar-refractivity contribution < 1.29 is 0 Å². The van der Waals surface area contributed by atoms with Crippen LogP contribution in [-0.4, -0.2) is 10.2 Å². The van der Waals surface area contributed by atoms with E-state index >= 15 is 0 Å². The summed E-state index contributed by atoms with van der Waals surface area (Å²) in [7, 11) is 1.15. The summed E-state index contributed by atoms with van der Waals surface area (Å²) < 4.78 is 0. The van der Waals surface area contributed by atoms with Gasteiger partial charge in [0.05, 0.1) is 0 Å². The molecule has 0 amide bonds. The van der Waals surface area contributed by atoms with E-state index in [4.69, 9.17) is 0 Å². The molecule has 0 radical (unpaired) electrons. The molecule has 0 aliphatic heterocycles. The number of hydrogen-bond donors (Lipinski definition) is 0. The van der Waals surface area contributed by atoms with E-state index in [1.807, 2.05) is 0 Å². The zero-order valence-corrected chi connectivity index (χ0v) is 11.1. The van der Waals surface area contributed by atoms with Crippen molar-refractivity contribution in [3.05, 3.63) is 65.7 Å². The van der Waals surface area contributed by atoms with Crippen LogP contribution in [0.4, 0.5) is 0 Å². The molecule has 0 saturated carbocycles. The summed E-state index contributed by atoms with van der Waals surface area (Å²) in [5, 5.41) is 1.54. The van der Waals surface area contributed by atoms with Crippen molar-refractivity contribution in [1.29, 1.82) is 0 Å². The Kier molecular flexibility index (Phi) is 3.35. The maximum absolute atomic E-state index is 2.26. The van der Waals surface area contributed by atoms with E-state index in [1.165, 1.54) is 22.7 Å². The highest BCUT2D eigenvalue weighted by atomic mass is 28.1. The van der Waals surface area contributed by atoms with Crippen molar-refractivity contribution >= 4 is 15.4 Å². The Hall–Kier alpha value is -1.34. The fraction of sp³-hybridized carbons (Fsp3) is 0.143. The summed E-state index contributed by atoms with van der Waals surface area (Å²) in [6.07, 6.45) is 2.32. The van der Waals surface area contributed by atoms with Gasteiger partial charge in [-0.2, -0.15) is 0 Å². The number of hydrogen-bond acceptors (Lipinski definition) is 0. The number of benzene rings is 2. The normalized spacial score (nSPS) is 10.4. The van der Waals surface area contributed by atoms with E-state index in [-0.39, 0.29) is 0 Å². The quantitative estimate of drug-likeness (QED) is 0.676. The topological polar surface area (TPSA) is 0 Å². The molecule has 0 unspecified atom stereocenters. The Morgan fingerprint density at radius 1 is 0.733 bits per heavy atom. The first-order valence-corrected chi connectivity index (χ1v) is 6.45. The molecule has 0 saturated heterocycles. The van der Waals surface area contributed by atoms with Crippen LogP contribution in [0, 0.1) is 0 Å². The maximum atomic E-state index is 2.26. The lowest BCUT2D eigenvalue weighted by Crippen LogP contribution is -2.10. The van der Waals surface area contributed by atoms with Crippen LogP contribution in [0.25, 0.3) is 0 Å². The van der Waals surface area contributed by atoms with Gasteiger partial charge in [-0.15, -0.1) is 0 Å². The lowest BCUT2D eigenvalue weighted by Gasteiger charge is -2.05. The van der Waals surface area contributed by atoms with Crippen LogP contribution in [0.1, 0.15) is 11.1 Å². The molecule has 0 bridgehead atoms. The third-order valence-electron chi connectivity index (χ3n) is 2.79. The second kappa shape index (κ2) is 4.94. The van der Waals surface area contributed by atoms with Gasteiger partial charge >= 0.3 is 0 Å². The molecule has 1 heteroatoms. The standard InChI is InChI=1S/C14H16Si/c15-14-9-5-4-8-13(14)11-10-12-6-2-1-3-7-12/h1-9H,10-11H2,15H3. The van der Waals surface area contributed by atoms with Gasteiger partial charge in [-0.05, 0) is 24.0 Å². The third kappa shape index (κ3) is 2.80. The highest BCUT2D eigenvalue weighted by molar-refractivity contribution is 6.33. The molecule has 15 heavy (non-hydrogen) atoms. The Morgan fingerprint density at radius 3 is 2.13 bits per heavy atom. The maximum Gasteiger partial charge on any atom is 0.0388 e. The first-order chi connectivity index (χ1) is 7.36. The van der Waals surface area contributed by atoms with Gasteiger partial charge in [-0.25, -0.2) is 0 Å². The van der Waals surface area contributed by atoms with Gasteiger partial charge in [-0.1, -0.05) is 59.8 Å². The van der Waals surface area contributed by atoms with Gasteiger partial charge in [-0.3, -0.25) is 0 Å². The Balaban J connectivity index is 2.03. The Morgan fingerprint density at radius 2 is 1.40 bits per heavy atom. The van der Waals surface area contributed by atoms with Crippen LogP contribution >= 0.6 is 0 Å². The van der Waals surface area contributed by atoms with Crippen LogP contribution in [0.2, 0.25) is 0 Å². The lowest BCUT2D eigenvalue weighted by molar-refractivity contribution is 0.966. The minimum absolute atomic E-state index is 1.15. The molecule has 0 N–H and O–H groups in total. The Labute approximate surface area is 94.4 Å². The van der Waals surface area contributed by atoms with E-state index in [1.54, 1.807) is 0 Å². The molecule has 2 rings (SSSR count). The van der Waals surface area contributed by atoms with Crippen molar-refractivity contribution in [3.8, 4) is 0 Å². The van der Waals surface area contributed by atoms with Crippen LogP contribution in [0.3, 0.4) is 0 Å². The Bertz CT molecular complexity index is 420. The predicted octanol–water partition coefficient (Wildman–Crippen LogP) is 1.46. The SMILES string of the molecule is [SiH3]c1ccccc1CCc1ccccc1. The van der Waals surface area contributed by atoms with Gasteiger partial charge in [0, 0.05) is 10.2 Å². The van der Waals surface area contributed by atoms with Gasteiger partial charge in [0.15, 0.2) is 0 Å². The van der Waals surface area contributed by atoms with Crippen LogP contribution in [0.5, 0.6) is 0 Å². The molecule has 0 aliphatic rings. The van der Waals surface area contributed by atoms with Gasteiger partial charge < -0.3 is 0 Å². The van der Waals surface area contributed by atoms with Crippen molar-refractivity contribution in [1.82, 2.24) is 0 Å². The highest BCUT2D eigenvalue weighted by Gasteiger charge is 1.97. The second-order valence-corrected chi connectivity index (χ2v) is 4.99. The zero-order chi connectivity index (χ0) is 10.5. The van der Waals surface area contributed by atoms with Crippen molar-refractivity contribution in [3.63, 3.8) is 0 Å². The van der Waals surface area contributed by atoms with Crippen molar-refractivity contribution in [2.24, 2.45) is 0 Å². The lowest BCUT2D eigenvalue weighted by atomic mass is 10.0. The summed E-state index contributed by atoms with van der Waals surface area (Å²) in [4.78, 5) is 0. The van der Waals surface area contributed by atoms with Gasteiger partial charge in [0.25, 0.3) is 0 Å². The molecule has 0 spiro atoms. The summed E-state index contributed by atoms with van der Waals surface area (Å²) >= 11 is 0. The van der Waals surface area contributed by atoms with E-state index in [0.29, 0.717) is 0 Å². The summed E-state index contributed by atoms with van der Waals surface area (Å²) in [5.41, 5.74) is 2.95. The third-order valence-corrected chi connectivity index (χ3v) is 3.76. The fourth-order valence-corrected chi connectivity index (χ4v) is 2.42. The smallest absolute Gasteiger partial charge is 0.0388 e. The molecule has 2 aromatic carbocycles. The molecule has 0 nitrogen and oxygen atoms in total. The largest absolute Gasteiger partial charge is 0.0676 e. The molecular formula is C14H16Si. The van der Waals surface area contributed by atoms with E-state index in [9.17, 15) is 0 Å². The summed E-state index contributed by atoms with van der Waals surface area (Å²) in [6.45, 7) is 0. The average molecular weight is 212 g/mol. The molecule has 0 fully saturated rings. The van der Waals surface area contributed by atoms with E-state index in [2.05, 4.69) is 54.6 Å².